The first kappa shape index (κ1) is 12.7. The van der Waals surface area contributed by atoms with E-state index in [-0.39, 0.29) is 11.5 Å². The fraction of sp³-hybridized carbons (Fsp3) is 0.538. The number of nitrogen functional groups attached to an aromatic ring is 1. The molecule has 0 bridgehead atoms. The molecule has 1 atom stereocenters. The van der Waals surface area contributed by atoms with Crippen LogP contribution in [0.1, 0.15) is 19.8 Å². The number of nitrogens with two attached hydrogens (primary N) is 1. The molecule has 1 aliphatic rings. The molecule has 1 unspecified atom stereocenters. The maximum atomic E-state index is 11.6. The van der Waals surface area contributed by atoms with E-state index in [1.807, 2.05) is 4.90 Å². The molecule has 1 aromatic heterocycles. The van der Waals surface area contributed by atoms with Gasteiger partial charge in [0.05, 0.1) is 0 Å². The van der Waals surface area contributed by atoms with Gasteiger partial charge in [-0.15, -0.1) is 0 Å². The third kappa shape index (κ3) is 2.91. The molecular formula is C13H19N3O2. The van der Waals surface area contributed by atoms with Crippen molar-refractivity contribution < 1.29 is 4.79 Å². The average Bonchev–Trinajstić information content (AvgIpc) is 2.62. The van der Waals surface area contributed by atoms with Crippen LogP contribution in [-0.2, 0) is 11.3 Å². The lowest BCUT2D eigenvalue weighted by Crippen LogP contribution is -2.28. The highest BCUT2D eigenvalue weighted by atomic mass is 16.2. The molecule has 0 aromatic carbocycles. The second-order valence-corrected chi connectivity index (χ2v) is 5.00. The molecule has 0 aliphatic carbocycles. The van der Waals surface area contributed by atoms with Crippen molar-refractivity contribution in [2.24, 2.45) is 5.92 Å². The Kier molecular flexibility index (Phi) is 3.69. The molecule has 98 valence electrons. The van der Waals surface area contributed by atoms with Crippen LogP contribution in [0.5, 0.6) is 0 Å². The van der Waals surface area contributed by atoms with Crippen molar-refractivity contribution in [1.82, 2.24) is 9.47 Å². The van der Waals surface area contributed by atoms with E-state index in [4.69, 9.17) is 5.73 Å². The van der Waals surface area contributed by atoms with Gasteiger partial charge in [0.25, 0.3) is 5.56 Å². The van der Waals surface area contributed by atoms with Crippen molar-refractivity contribution in [3.05, 3.63) is 28.7 Å². The molecule has 2 N–H and O–H groups in total. The van der Waals surface area contributed by atoms with Gasteiger partial charge >= 0.3 is 0 Å². The van der Waals surface area contributed by atoms with E-state index in [1.165, 1.54) is 6.07 Å². The lowest BCUT2D eigenvalue weighted by atomic mass is 10.2. The zero-order valence-electron chi connectivity index (χ0n) is 10.6. The highest BCUT2D eigenvalue weighted by molar-refractivity contribution is 5.78. The Balaban J connectivity index is 1.87. The van der Waals surface area contributed by atoms with Crippen molar-refractivity contribution in [2.75, 3.05) is 18.8 Å². The molecule has 1 amide bonds. The molecule has 2 heterocycles. The molecule has 18 heavy (non-hydrogen) atoms. The summed E-state index contributed by atoms with van der Waals surface area (Å²) in [6, 6.07) is 3.07. The lowest BCUT2D eigenvalue weighted by Gasteiger charge is -2.16. The van der Waals surface area contributed by atoms with Crippen molar-refractivity contribution in [3.8, 4) is 0 Å². The maximum absolute atomic E-state index is 11.6. The first-order chi connectivity index (χ1) is 8.56. The molecule has 1 saturated heterocycles. The van der Waals surface area contributed by atoms with Crippen LogP contribution in [0.4, 0.5) is 5.69 Å². The lowest BCUT2D eigenvalue weighted by molar-refractivity contribution is -0.127. The van der Waals surface area contributed by atoms with E-state index in [0.717, 1.165) is 13.0 Å². The number of likely N-dealkylation sites (tertiary alicyclic amines) is 1. The summed E-state index contributed by atoms with van der Waals surface area (Å²) in [5.74, 6) is 0.676. The molecule has 2 rings (SSSR count). The summed E-state index contributed by atoms with van der Waals surface area (Å²) in [4.78, 5) is 25.0. The van der Waals surface area contributed by atoms with Crippen LogP contribution in [-0.4, -0.2) is 28.5 Å². The van der Waals surface area contributed by atoms with Crippen LogP contribution < -0.4 is 11.3 Å². The first-order valence-electron chi connectivity index (χ1n) is 6.30. The molecule has 5 heteroatoms. The van der Waals surface area contributed by atoms with Crippen LogP contribution in [0.3, 0.4) is 0 Å². The third-order valence-electron chi connectivity index (χ3n) is 3.24. The number of carbonyl (C=O) groups excluding carboxylic acids is 1. The Morgan fingerprint density at radius 2 is 2.11 bits per heavy atom. The van der Waals surface area contributed by atoms with Gasteiger partial charge < -0.3 is 15.2 Å². The standard InChI is InChI=1S/C13H19N3O2/c1-10-7-13(18)15(8-10)5-2-6-16-9-11(14)3-4-12(16)17/h3-4,9-10H,2,5-8,14H2,1H3. The highest BCUT2D eigenvalue weighted by Gasteiger charge is 2.25. The van der Waals surface area contributed by atoms with Gasteiger partial charge in [0.2, 0.25) is 5.91 Å². The zero-order valence-corrected chi connectivity index (χ0v) is 10.6. The largest absolute Gasteiger partial charge is 0.398 e. The number of aryl methyl sites for hydroxylation is 1. The van der Waals surface area contributed by atoms with E-state index < -0.39 is 0 Å². The van der Waals surface area contributed by atoms with Gasteiger partial charge in [-0.3, -0.25) is 9.59 Å². The SMILES string of the molecule is CC1CC(=O)N(CCCn2cc(N)ccc2=O)C1. The van der Waals surface area contributed by atoms with Crippen molar-refractivity contribution >= 4 is 11.6 Å². The van der Waals surface area contributed by atoms with Crippen molar-refractivity contribution in [3.63, 3.8) is 0 Å². The Hall–Kier alpha value is -1.78. The van der Waals surface area contributed by atoms with E-state index in [2.05, 4.69) is 6.92 Å². The highest BCUT2D eigenvalue weighted by Crippen LogP contribution is 2.16. The fourth-order valence-corrected chi connectivity index (χ4v) is 2.34. The first-order valence-corrected chi connectivity index (χ1v) is 6.30. The van der Waals surface area contributed by atoms with E-state index in [0.29, 0.717) is 31.1 Å². The minimum atomic E-state index is -0.0506. The number of hydrogen-bond donors (Lipinski definition) is 1. The topological polar surface area (TPSA) is 68.3 Å². The molecular weight excluding hydrogens is 230 g/mol. The van der Waals surface area contributed by atoms with Gasteiger partial charge in [-0.2, -0.15) is 0 Å². The van der Waals surface area contributed by atoms with Gasteiger partial charge in [-0.05, 0) is 18.4 Å². The normalized spacial score (nSPS) is 19.5. The van der Waals surface area contributed by atoms with Gasteiger partial charge in [0.15, 0.2) is 0 Å². The van der Waals surface area contributed by atoms with E-state index >= 15 is 0 Å². The number of rotatable bonds is 4. The summed E-state index contributed by atoms with van der Waals surface area (Å²) < 4.78 is 1.60. The summed E-state index contributed by atoms with van der Waals surface area (Å²) in [5, 5.41) is 0. The number of pyridine rings is 1. The Bertz CT molecular complexity index is 495. The van der Waals surface area contributed by atoms with E-state index in [9.17, 15) is 9.59 Å². The van der Waals surface area contributed by atoms with Crippen molar-refractivity contribution in [2.45, 2.75) is 26.3 Å². The number of aromatic nitrogens is 1. The number of carbonyl (C=O) groups is 1. The molecule has 1 aromatic rings. The van der Waals surface area contributed by atoms with Gasteiger partial charge in [-0.25, -0.2) is 0 Å². The summed E-state index contributed by atoms with van der Waals surface area (Å²) >= 11 is 0. The second-order valence-electron chi connectivity index (χ2n) is 5.00. The monoisotopic (exact) mass is 249 g/mol. The minimum Gasteiger partial charge on any atom is -0.398 e. The summed E-state index contributed by atoms with van der Waals surface area (Å²) in [5.41, 5.74) is 6.17. The maximum Gasteiger partial charge on any atom is 0.250 e. The quantitative estimate of drug-likeness (QED) is 0.853. The summed E-state index contributed by atoms with van der Waals surface area (Å²) in [6.07, 6.45) is 3.08. The number of amides is 1. The summed E-state index contributed by atoms with van der Waals surface area (Å²) in [6.45, 7) is 4.23. The molecule has 0 radical (unpaired) electrons. The Labute approximate surface area is 106 Å². The Morgan fingerprint density at radius 3 is 2.78 bits per heavy atom. The number of hydrogen-bond acceptors (Lipinski definition) is 3. The smallest absolute Gasteiger partial charge is 0.250 e. The molecule has 0 saturated carbocycles. The average molecular weight is 249 g/mol. The van der Waals surface area contributed by atoms with Gasteiger partial charge in [-0.1, -0.05) is 6.92 Å². The predicted molar refractivity (Wildman–Crippen MR) is 70.1 cm³/mol. The van der Waals surface area contributed by atoms with Crippen molar-refractivity contribution in [1.29, 1.82) is 0 Å². The number of nitrogens with zero attached hydrogens (tertiary/aromatic N) is 2. The van der Waals surface area contributed by atoms with Crippen LogP contribution in [0, 0.1) is 5.92 Å². The molecule has 1 aliphatic heterocycles. The second kappa shape index (κ2) is 5.25. The van der Waals surface area contributed by atoms with Crippen LogP contribution >= 0.6 is 0 Å². The van der Waals surface area contributed by atoms with Gasteiger partial charge in [0, 0.05) is 44.0 Å². The zero-order chi connectivity index (χ0) is 13.1. The van der Waals surface area contributed by atoms with Crippen LogP contribution in [0.2, 0.25) is 0 Å². The summed E-state index contributed by atoms with van der Waals surface area (Å²) in [7, 11) is 0. The number of anilines is 1. The van der Waals surface area contributed by atoms with E-state index in [1.54, 1.807) is 16.8 Å². The molecule has 5 nitrogen and oxygen atoms in total. The Morgan fingerprint density at radius 1 is 1.33 bits per heavy atom. The predicted octanol–water partition coefficient (Wildman–Crippen LogP) is 0.689. The minimum absolute atomic E-state index is 0.0506. The van der Waals surface area contributed by atoms with Gasteiger partial charge in [0.1, 0.15) is 0 Å². The molecule has 0 spiro atoms. The fourth-order valence-electron chi connectivity index (χ4n) is 2.34. The molecule has 1 fully saturated rings. The third-order valence-corrected chi connectivity index (χ3v) is 3.24. The van der Waals surface area contributed by atoms with Crippen LogP contribution in [0.25, 0.3) is 0 Å². The van der Waals surface area contributed by atoms with Crippen LogP contribution in [0.15, 0.2) is 23.1 Å².